The van der Waals surface area contributed by atoms with E-state index in [9.17, 15) is 9.18 Å². The third-order valence-electron chi connectivity index (χ3n) is 5.15. The molecule has 1 fully saturated rings. The van der Waals surface area contributed by atoms with Gasteiger partial charge in [0.15, 0.2) is 0 Å². The van der Waals surface area contributed by atoms with Gasteiger partial charge in [-0.25, -0.2) is 4.39 Å². The zero-order valence-electron chi connectivity index (χ0n) is 15.4. The Bertz CT molecular complexity index is 941. The van der Waals surface area contributed by atoms with Crippen LogP contribution in [0, 0.1) is 5.82 Å². The number of carbonyl (C=O) groups is 1. The Morgan fingerprint density at radius 2 is 2.26 bits per heavy atom. The number of amides is 1. The Labute approximate surface area is 157 Å². The van der Waals surface area contributed by atoms with Gasteiger partial charge in [0, 0.05) is 42.3 Å². The first-order valence-electron chi connectivity index (χ1n) is 9.33. The first kappa shape index (κ1) is 17.7. The minimum Gasteiger partial charge on any atom is -0.357 e. The second-order valence-electron chi connectivity index (χ2n) is 7.26. The van der Waals surface area contributed by atoms with Crippen molar-refractivity contribution in [3.05, 3.63) is 53.7 Å². The predicted molar refractivity (Wildman–Crippen MR) is 102 cm³/mol. The zero-order chi connectivity index (χ0) is 18.8. The molecule has 142 valence electrons. The highest BCUT2D eigenvalue weighted by atomic mass is 19.1. The number of hydrogen-bond donors (Lipinski definition) is 2. The molecular formula is C20H24FN5O. The average molecular weight is 369 g/mol. The van der Waals surface area contributed by atoms with E-state index in [0.29, 0.717) is 12.5 Å². The van der Waals surface area contributed by atoms with Crippen LogP contribution in [-0.2, 0) is 17.9 Å². The number of hydrogen-bond acceptors (Lipinski definition) is 3. The fraction of sp³-hybridized carbons (Fsp3) is 0.400. The summed E-state index contributed by atoms with van der Waals surface area (Å²) in [5.41, 5.74) is 2.79. The molecule has 1 aromatic carbocycles. The van der Waals surface area contributed by atoms with E-state index in [1.807, 2.05) is 18.3 Å². The predicted octanol–water partition coefficient (Wildman–Crippen LogP) is 2.63. The smallest absolute Gasteiger partial charge is 0.244 e. The number of piperidine rings is 1. The van der Waals surface area contributed by atoms with E-state index in [4.69, 9.17) is 0 Å². The van der Waals surface area contributed by atoms with Gasteiger partial charge in [-0.3, -0.25) is 9.48 Å². The number of nitrogens with one attached hydrogen (secondary N) is 2. The molecule has 0 radical (unpaired) electrons. The summed E-state index contributed by atoms with van der Waals surface area (Å²) in [6, 6.07) is 8.51. The summed E-state index contributed by atoms with van der Waals surface area (Å²) in [5, 5.41) is 8.79. The van der Waals surface area contributed by atoms with Crippen LogP contribution in [0.15, 0.2) is 36.5 Å². The number of benzene rings is 1. The van der Waals surface area contributed by atoms with Gasteiger partial charge in [-0.2, -0.15) is 5.10 Å². The van der Waals surface area contributed by atoms with Crippen LogP contribution in [0.1, 0.15) is 30.1 Å². The third kappa shape index (κ3) is 4.03. The fourth-order valence-corrected chi connectivity index (χ4v) is 3.64. The van der Waals surface area contributed by atoms with E-state index < -0.39 is 0 Å². The quantitative estimate of drug-likeness (QED) is 0.727. The highest BCUT2D eigenvalue weighted by Crippen LogP contribution is 2.21. The molecule has 0 spiro atoms. The molecular weight excluding hydrogens is 345 g/mol. The van der Waals surface area contributed by atoms with Crippen molar-refractivity contribution in [2.24, 2.45) is 0 Å². The number of rotatable bonds is 5. The van der Waals surface area contributed by atoms with Crippen molar-refractivity contribution in [3.63, 3.8) is 0 Å². The molecule has 0 aliphatic carbocycles. The molecule has 0 saturated carbocycles. The normalized spacial score (nSPS) is 17.3. The number of aromatic amines is 1. The Morgan fingerprint density at radius 3 is 3.07 bits per heavy atom. The number of H-pyrrole nitrogens is 1. The summed E-state index contributed by atoms with van der Waals surface area (Å²) < 4.78 is 15.0. The fourth-order valence-electron chi connectivity index (χ4n) is 3.64. The van der Waals surface area contributed by atoms with Crippen molar-refractivity contribution in [2.75, 3.05) is 20.1 Å². The lowest BCUT2D eigenvalue weighted by Crippen LogP contribution is -2.30. The highest BCUT2D eigenvalue weighted by molar-refractivity contribution is 5.81. The van der Waals surface area contributed by atoms with Crippen LogP contribution in [0.3, 0.4) is 0 Å². The molecule has 3 aromatic rings. The molecule has 1 aliphatic heterocycles. The van der Waals surface area contributed by atoms with Gasteiger partial charge in [-0.1, -0.05) is 0 Å². The van der Waals surface area contributed by atoms with Crippen LogP contribution in [0.5, 0.6) is 0 Å². The molecule has 2 N–H and O–H groups in total. The van der Waals surface area contributed by atoms with Crippen LogP contribution in [0.25, 0.3) is 10.9 Å². The lowest BCUT2D eigenvalue weighted by atomic mass is 9.97. The maximum Gasteiger partial charge on any atom is 0.244 e. The lowest BCUT2D eigenvalue weighted by Gasteiger charge is -2.20. The average Bonchev–Trinajstić information content (AvgIpc) is 3.28. The van der Waals surface area contributed by atoms with Gasteiger partial charge >= 0.3 is 0 Å². The van der Waals surface area contributed by atoms with Crippen LogP contribution in [0.4, 0.5) is 4.39 Å². The van der Waals surface area contributed by atoms with Crippen molar-refractivity contribution < 1.29 is 9.18 Å². The minimum atomic E-state index is -0.264. The first-order chi connectivity index (χ1) is 13.1. The SMILES string of the molecule is CN(Cc1cc2cc(F)ccc2[nH]1)C(=O)Cn1ccc([C@@H]2CCCNC2)n1. The standard InChI is InChI=1S/C20H24FN5O/c1-25(12-17-10-15-9-16(21)4-5-18(15)23-17)20(27)13-26-8-6-19(24-26)14-3-2-7-22-11-14/h4-6,8-10,14,22-23H,2-3,7,11-13H2,1H3/t14-/m1/s1. The summed E-state index contributed by atoms with van der Waals surface area (Å²) in [4.78, 5) is 17.4. The molecule has 7 heteroatoms. The van der Waals surface area contributed by atoms with Gasteiger partial charge in [0.2, 0.25) is 5.91 Å². The summed E-state index contributed by atoms with van der Waals surface area (Å²) in [7, 11) is 1.77. The zero-order valence-corrected chi connectivity index (χ0v) is 15.4. The lowest BCUT2D eigenvalue weighted by molar-refractivity contribution is -0.131. The van der Waals surface area contributed by atoms with Crippen molar-refractivity contribution in [1.82, 2.24) is 25.0 Å². The van der Waals surface area contributed by atoms with Gasteiger partial charge < -0.3 is 15.2 Å². The molecule has 3 heterocycles. The van der Waals surface area contributed by atoms with Crippen LogP contribution in [0.2, 0.25) is 0 Å². The monoisotopic (exact) mass is 369 g/mol. The number of fused-ring (bicyclic) bond motifs is 1. The van der Waals surface area contributed by atoms with Crippen LogP contribution in [-0.4, -0.2) is 45.7 Å². The van der Waals surface area contributed by atoms with Gasteiger partial charge in [-0.15, -0.1) is 0 Å². The Kier molecular flexibility index (Phi) is 4.94. The van der Waals surface area contributed by atoms with E-state index in [-0.39, 0.29) is 18.3 Å². The van der Waals surface area contributed by atoms with Crippen molar-refractivity contribution in [3.8, 4) is 0 Å². The Balaban J connectivity index is 1.37. The van der Waals surface area contributed by atoms with E-state index in [1.165, 1.54) is 12.1 Å². The van der Waals surface area contributed by atoms with Gasteiger partial charge in [0.1, 0.15) is 12.4 Å². The van der Waals surface area contributed by atoms with Gasteiger partial charge in [0.25, 0.3) is 0 Å². The Hall–Kier alpha value is -2.67. The number of nitrogens with zero attached hydrogens (tertiary/aromatic N) is 3. The van der Waals surface area contributed by atoms with Crippen molar-refractivity contribution in [1.29, 1.82) is 0 Å². The molecule has 1 saturated heterocycles. The summed E-state index contributed by atoms with van der Waals surface area (Å²) in [6.07, 6.45) is 4.17. The molecule has 1 aliphatic rings. The molecule has 0 unspecified atom stereocenters. The number of likely N-dealkylation sites (N-methyl/N-ethyl adjacent to an activating group) is 1. The molecule has 4 rings (SSSR count). The maximum absolute atomic E-state index is 13.3. The van der Waals surface area contributed by atoms with E-state index in [1.54, 1.807) is 22.7 Å². The molecule has 2 aromatic heterocycles. The molecule has 1 amide bonds. The second-order valence-corrected chi connectivity index (χ2v) is 7.26. The summed E-state index contributed by atoms with van der Waals surface area (Å²) in [6.45, 7) is 2.67. The molecule has 0 bridgehead atoms. The second kappa shape index (κ2) is 7.52. The number of aromatic nitrogens is 3. The Morgan fingerprint density at radius 1 is 1.37 bits per heavy atom. The number of halogens is 1. The molecule has 6 nitrogen and oxygen atoms in total. The highest BCUT2D eigenvalue weighted by Gasteiger charge is 2.18. The van der Waals surface area contributed by atoms with E-state index >= 15 is 0 Å². The summed E-state index contributed by atoms with van der Waals surface area (Å²) in [5.74, 6) is 0.149. The number of carbonyl (C=O) groups excluding carboxylic acids is 1. The first-order valence-corrected chi connectivity index (χ1v) is 9.33. The van der Waals surface area contributed by atoms with E-state index in [2.05, 4.69) is 15.4 Å². The van der Waals surface area contributed by atoms with Gasteiger partial charge in [-0.05, 0) is 49.7 Å². The van der Waals surface area contributed by atoms with E-state index in [0.717, 1.165) is 48.2 Å². The van der Waals surface area contributed by atoms with Crippen LogP contribution < -0.4 is 5.32 Å². The molecule has 27 heavy (non-hydrogen) atoms. The topological polar surface area (TPSA) is 66.0 Å². The molecule has 1 atom stereocenters. The van der Waals surface area contributed by atoms with Crippen molar-refractivity contribution in [2.45, 2.75) is 31.8 Å². The van der Waals surface area contributed by atoms with Gasteiger partial charge in [0.05, 0.1) is 12.2 Å². The third-order valence-corrected chi connectivity index (χ3v) is 5.15. The summed E-state index contributed by atoms with van der Waals surface area (Å²) >= 11 is 0. The minimum absolute atomic E-state index is 0.0174. The largest absolute Gasteiger partial charge is 0.357 e. The maximum atomic E-state index is 13.3. The van der Waals surface area contributed by atoms with Crippen LogP contribution >= 0.6 is 0 Å². The van der Waals surface area contributed by atoms with Crippen molar-refractivity contribution >= 4 is 16.8 Å².